The van der Waals surface area contributed by atoms with Crippen molar-refractivity contribution < 1.29 is 18.0 Å². The van der Waals surface area contributed by atoms with E-state index in [1.807, 2.05) is 37.8 Å². The van der Waals surface area contributed by atoms with Crippen LogP contribution in [0.25, 0.3) is 0 Å². The summed E-state index contributed by atoms with van der Waals surface area (Å²) in [6, 6.07) is 12.1. The molecule has 2 aromatic carbocycles. The van der Waals surface area contributed by atoms with Crippen LogP contribution in [0.1, 0.15) is 50.0 Å². The van der Waals surface area contributed by atoms with Crippen LogP contribution in [0.15, 0.2) is 47.4 Å². The Balaban J connectivity index is 2.19. The summed E-state index contributed by atoms with van der Waals surface area (Å²) < 4.78 is 27.4. The topological polar surface area (TPSA) is 98.8 Å². The van der Waals surface area contributed by atoms with Crippen LogP contribution in [0.3, 0.4) is 0 Å². The quantitative estimate of drug-likeness (QED) is 0.475. The van der Waals surface area contributed by atoms with Gasteiger partial charge in [0.25, 0.3) is 5.91 Å². The number of hydrogen-bond donors (Lipinski definition) is 2. The Morgan fingerprint density at radius 2 is 1.59 bits per heavy atom. The molecule has 2 rings (SSSR count). The highest BCUT2D eigenvalue weighted by Gasteiger charge is 2.24. The van der Waals surface area contributed by atoms with Gasteiger partial charge in [-0.2, -0.15) is 4.31 Å². The third-order valence-corrected chi connectivity index (χ3v) is 7.65. The van der Waals surface area contributed by atoms with Crippen molar-refractivity contribution in [2.75, 3.05) is 42.9 Å². The molecule has 9 heteroatoms. The fourth-order valence-electron chi connectivity index (χ4n) is 3.72. The molecule has 0 aliphatic rings. The summed E-state index contributed by atoms with van der Waals surface area (Å²) in [7, 11) is -3.67. The van der Waals surface area contributed by atoms with Gasteiger partial charge in [-0.15, -0.1) is 0 Å². The molecule has 0 aliphatic carbocycles. The van der Waals surface area contributed by atoms with Gasteiger partial charge in [-0.3, -0.25) is 9.59 Å². The maximum Gasteiger partial charge on any atom is 0.251 e. The van der Waals surface area contributed by atoms with Gasteiger partial charge in [0.05, 0.1) is 16.3 Å². The van der Waals surface area contributed by atoms with E-state index in [2.05, 4.69) is 10.6 Å². The molecule has 0 radical (unpaired) electrons. The van der Waals surface area contributed by atoms with Gasteiger partial charge >= 0.3 is 0 Å². The molecule has 34 heavy (non-hydrogen) atoms. The molecule has 0 saturated carbocycles. The summed E-state index contributed by atoms with van der Waals surface area (Å²) in [5.74, 6) is -0.553. The minimum absolute atomic E-state index is 0.0578. The standard InChI is InChI=1S/C25H36N4O4S/c1-6-28(7-2)23-14-13-21(34(32,33)29(8-3)9-4)18-22(23)27-24(30)15-16-26-25(31)20-12-10-11-19(5)17-20/h10-14,17-18H,6-9,15-16H2,1-5H3,(H,26,31)(H,27,30). The molecule has 0 saturated heterocycles. The molecule has 0 fully saturated rings. The smallest absolute Gasteiger partial charge is 0.251 e. The molecule has 2 N–H and O–H groups in total. The van der Waals surface area contributed by atoms with Crippen molar-refractivity contribution in [2.24, 2.45) is 0 Å². The van der Waals surface area contributed by atoms with Crippen molar-refractivity contribution in [1.82, 2.24) is 9.62 Å². The number of hydrogen-bond acceptors (Lipinski definition) is 5. The zero-order valence-corrected chi connectivity index (χ0v) is 21.5. The molecule has 0 aliphatic heterocycles. The lowest BCUT2D eigenvalue weighted by Crippen LogP contribution is -2.31. The van der Waals surface area contributed by atoms with Crippen LogP contribution in [-0.4, -0.2) is 57.3 Å². The highest BCUT2D eigenvalue weighted by atomic mass is 32.2. The average molecular weight is 489 g/mol. The van der Waals surface area contributed by atoms with Crippen LogP contribution in [-0.2, 0) is 14.8 Å². The fourth-order valence-corrected chi connectivity index (χ4v) is 5.20. The Labute approximate surface area is 203 Å². The number of nitrogens with one attached hydrogen (secondary N) is 2. The van der Waals surface area contributed by atoms with Gasteiger partial charge in [0.1, 0.15) is 0 Å². The van der Waals surface area contributed by atoms with Gasteiger partial charge < -0.3 is 15.5 Å². The third-order valence-electron chi connectivity index (χ3n) is 5.61. The van der Waals surface area contributed by atoms with Gasteiger partial charge in [0, 0.05) is 44.7 Å². The number of carbonyl (C=O) groups excluding carboxylic acids is 2. The van der Waals surface area contributed by atoms with Crippen LogP contribution >= 0.6 is 0 Å². The fraction of sp³-hybridized carbons (Fsp3) is 0.440. The van der Waals surface area contributed by atoms with E-state index in [-0.39, 0.29) is 29.7 Å². The van der Waals surface area contributed by atoms with Crippen LogP contribution in [0.4, 0.5) is 11.4 Å². The maximum atomic E-state index is 13.0. The first-order valence-corrected chi connectivity index (χ1v) is 13.2. The minimum atomic E-state index is -3.67. The number of rotatable bonds is 12. The zero-order valence-electron chi connectivity index (χ0n) is 20.7. The Hall–Kier alpha value is -2.91. The summed E-state index contributed by atoms with van der Waals surface area (Å²) in [5, 5.41) is 5.61. The van der Waals surface area contributed by atoms with E-state index in [4.69, 9.17) is 0 Å². The SMILES string of the molecule is CCN(CC)c1ccc(S(=O)(=O)N(CC)CC)cc1NC(=O)CCNC(=O)c1cccc(C)c1. The molecule has 0 unspecified atom stereocenters. The average Bonchev–Trinajstić information content (AvgIpc) is 2.81. The maximum absolute atomic E-state index is 13.0. The summed E-state index contributed by atoms with van der Waals surface area (Å²) in [6.45, 7) is 11.8. The molecule has 0 atom stereocenters. The zero-order chi connectivity index (χ0) is 25.3. The number of nitrogens with zero attached hydrogens (tertiary/aromatic N) is 2. The Bertz CT molecular complexity index is 1090. The molecule has 0 aromatic heterocycles. The van der Waals surface area contributed by atoms with Crippen molar-refractivity contribution in [1.29, 1.82) is 0 Å². The predicted molar refractivity (Wildman–Crippen MR) is 137 cm³/mol. The minimum Gasteiger partial charge on any atom is -0.370 e. The molecule has 0 heterocycles. The second kappa shape index (κ2) is 12.5. The van der Waals surface area contributed by atoms with Gasteiger partial charge in [-0.1, -0.05) is 31.5 Å². The van der Waals surface area contributed by atoms with Gasteiger partial charge in [-0.25, -0.2) is 8.42 Å². The number of sulfonamides is 1. The lowest BCUT2D eigenvalue weighted by molar-refractivity contribution is -0.116. The van der Waals surface area contributed by atoms with Crippen LogP contribution < -0.4 is 15.5 Å². The van der Waals surface area contributed by atoms with Crippen molar-refractivity contribution in [2.45, 2.75) is 45.9 Å². The Morgan fingerprint density at radius 3 is 2.18 bits per heavy atom. The third kappa shape index (κ3) is 6.80. The van der Waals surface area contributed by atoms with E-state index in [1.54, 1.807) is 38.1 Å². The number of amides is 2. The summed E-state index contributed by atoms with van der Waals surface area (Å²) in [6.07, 6.45) is 0.0578. The van der Waals surface area contributed by atoms with E-state index in [0.717, 1.165) is 11.3 Å². The largest absolute Gasteiger partial charge is 0.370 e. The lowest BCUT2D eigenvalue weighted by atomic mass is 10.1. The Kier molecular flexibility index (Phi) is 10.1. The summed E-state index contributed by atoms with van der Waals surface area (Å²) in [5.41, 5.74) is 2.71. The number of anilines is 2. The van der Waals surface area contributed by atoms with Crippen molar-refractivity contribution in [3.63, 3.8) is 0 Å². The lowest BCUT2D eigenvalue weighted by Gasteiger charge is -2.26. The van der Waals surface area contributed by atoms with Crippen LogP contribution in [0.2, 0.25) is 0 Å². The first-order chi connectivity index (χ1) is 16.2. The first kappa shape index (κ1) is 27.3. The van der Waals surface area contributed by atoms with Crippen molar-refractivity contribution in [3.05, 3.63) is 53.6 Å². The molecule has 8 nitrogen and oxygen atoms in total. The van der Waals surface area contributed by atoms with Crippen molar-refractivity contribution in [3.8, 4) is 0 Å². The van der Waals surface area contributed by atoms with E-state index < -0.39 is 10.0 Å². The highest BCUT2D eigenvalue weighted by molar-refractivity contribution is 7.89. The molecule has 0 bridgehead atoms. The first-order valence-electron chi connectivity index (χ1n) is 11.7. The monoisotopic (exact) mass is 488 g/mol. The van der Waals surface area contributed by atoms with Crippen LogP contribution in [0, 0.1) is 6.92 Å². The molecule has 2 aromatic rings. The number of benzene rings is 2. The van der Waals surface area contributed by atoms with E-state index >= 15 is 0 Å². The predicted octanol–water partition coefficient (Wildman–Crippen LogP) is 3.63. The second-order valence-corrected chi connectivity index (χ2v) is 9.80. The Morgan fingerprint density at radius 1 is 0.912 bits per heavy atom. The molecular weight excluding hydrogens is 452 g/mol. The van der Waals surface area contributed by atoms with Gasteiger partial charge in [-0.05, 0) is 51.1 Å². The van der Waals surface area contributed by atoms with Gasteiger partial charge in [0.15, 0.2) is 0 Å². The van der Waals surface area contributed by atoms with Crippen molar-refractivity contribution >= 4 is 33.2 Å². The molecule has 186 valence electrons. The normalized spacial score (nSPS) is 11.4. The molecule has 0 spiro atoms. The summed E-state index contributed by atoms with van der Waals surface area (Å²) >= 11 is 0. The molecular formula is C25H36N4O4S. The van der Waals surface area contributed by atoms with Gasteiger partial charge in [0.2, 0.25) is 15.9 Å². The van der Waals surface area contributed by atoms with E-state index in [9.17, 15) is 18.0 Å². The van der Waals surface area contributed by atoms with E-state index in [0.29, 0.717) is 37.4 Å². The molecule has 2 amide bonds. The highest BCUT2D eigenvalue weighted by Crippen LogP contribution is 2.30. The second-order valence-electron chi connectivity index (χ2n) is 7.86. The van der Waals surface area contributed by atoms with E-state index in [1.165, 1.54) is 10.4 Å². The number of carbonyl (C=O) groups is 2. The number of aryl methyl sites for hydroxylation is 1. The van der Waals surface area contributed by atoms with Crippen LogP contribution in [0.5, 0.6) is 0 Å². The summed E-state index contributed by atoms with van der Waals surface area (Å²) in [4.78, 5) is 27.2.